The lowest BCUT2D eigenvalue weighted by Gasteiger charge is -2.31. The molecule has 2 rings (SSSR count). The van der Waals surface area contributed by atoms with Crippen molar-refractivity contribution < 1.29 is 9.53 Å². The van der Waals surface area contributed by atoms with Crippen molar-refractivity contribution in [2.45, 2.75) is 25.8 Å². The van der Waals surface area contributed by atoms with Gasteiger partial charge in [-0.3, -0.25) is 9.79 Å². The molecule has 0 spiro atoms. The predicted octanol–water partition coefficient (Wildman–Crippen LogP) is 1.91. The van der Waals surface area contributed by atoms with Gasteiger partial charge >= 0.3 is 0 Å². The average molecular weight is 503 g/mol. The van der Waals surface area contributed by atoms with E-state index in [0.29, 0.717) is 0 Å². The fraction of sp³-hybridized carbons (Fsp3) is 0.600. The Morgan fingerprint density at radius 1 is 1.39 bits per heavy atom. The van der Waals surface area contributed by atoms with Crippen molar-refractivity contribution in [1.82, 2.24) is 15.1 Å². The molecule has 0 saturated carbocycles. The fourth-order valence-electron chi connectivity index (χ4n) is 3.46. The number of nitrogens with zero attached hydrogens (tertiary/aromatic N) is 3. The molecule has 1 saturated heterocycles. The molecule has 1 heterocycles. The molecule has 8 heteroatoms. The predicted molar refractivity (Wildman–Crippen MR) is 124 cm³/mol. The highest BCUT2D eigenvalue weighted by Crippen LogP contribution is 2.16. The molecule has 0 bridgehead atoms. The Kier molecular flexibility index (Phi) is 11.2. The molecule has 1 amide bonds. The fourth-order valence-corrected chi connectivity index (χ4v) is 3.46. The summed E-state index contributed by atoms with van der Waals surface area (Å²) in [5.41, 5.74) is 6.65. The first-order valence-corrected chi connectivity index (χ1v) is 9.60. The zero-order valence-electron chi connectivity index (χ0n) is 17.2. The number of methoxy groups -OCH3 is 1. The van der Waals surface area contributed by atoms with Gasteiger partial charge in [0.05, 0.1) is 13.0 Å². The highest BCUT2D eigenvalue weighted by atomic mass is 127. The number of hydrogen-bond acceptors (Lipinski definition) is 4. The topological polar surface area (TPSA) is 83.2 Å². The number of halogens is 1. The van der Waals surface area contributed by atoms with E-state index in [0.717, 1.165) is 63.7 Å². The number of likely N-dealkylation sites (tertiary alicyclic amines) is 1. The van der Waals surface area contributed by atoms with Crippen LogP contribution in [0.3, 0.4) is 0 Å². The van der Waals surface area contributed by atoms with Crippen LogP contribution in [0.15, 0.2) is 29.3 Å². The minimum Gasteiger partial charge on any atom is -0.497 e. The van der Waals surface area contributed by atoms with E-state index >= 15 is 0 Å². The molecule has 1 fully saturated rings. The maximum Gasteiger partial charge on any atom is 0.221 e. The van der Waals surface area contributed by atoms with Crippen LogP contribution in [-0.2, 0) is 11.3 Å². The summed E-state index contributed by atoms with van der Waals surface area (Å²) in [4.78, 5) is 20.2. The van der Waals surface area contributed by atoms with Crippen LogP contribution in [0, 0.1) is 5.92 Å². The molecular formula is C20H34IN5O2. The monoisotopic (exact) mass is 503 g/mol. The minimum atomic E-state index is -0.168. The molecule has 1 aromatic rings. The van der Waals surface area contributed by atoms with E-state index in [4.69, 9.17) is 10.5 Å². The molecule has 1 aliphatic heterocycles. The van der Waals surface area contributed by atoms with E-state index in [1.165, 1.54) is 5.56 Å². The van der Waals surface area contributed by atoms with Crippen LogP contribution in [0.25, 0.3) is 0 Å². The van der Waals surface area contributed by atoms with E-state index in [1.54, 1.807) is 14.2 Å². The number of carbonyl (C=O) groups excluding carboxylic acids is 1. The van der Waals surface area contributed by atoms with Crippen molar-refractivity contribution in [2.24, 2.45) is 16.6 Å². The summed E-state index contributed by atoms with van der Waals surface area (Å²) in [5.74, 6) is 1.58. The van der Waals surface area contributed by atoms with Gasteiger partial charge in [-0.2, -0.15) is 0 Å². The van der Waals surface area contributed by atoms with Crippen molar-refractivity contribution in [3.8, 4) is 5.75 Å². The number of amides is 1. The number of primary amides is 1. The van der Waals surface area contributed by atoms with Gasteiger partial charge in [0.25, 0.3) is 0 Å². The van der Waals surface area contributed by atoms with Crippen LogP contribution < -0.4 is 15.8 Å². The number of nitrogens with one attached hydrogen (secondary N) is 1. The van der Waals surface area contributed by atoms with Crippen molar-refractivity contribution in [3.05, 3.63) is 29.8 Å². The van der Waals surface area contributed by atoms with Crippen molar-refractivity contribution in [3.63, 3.8) is 0 Å². The van der Waals surface area contributed by atoms with Gasteiger partial charge in [0.15, 0.2) is 5.96 Å². The van der Waals surface area contributed by atoms with Gasteiger partial charge in [-0.1, -0.05) is 12.1 Å². The van der Waals surface area contributed by atoms with E-state index in [1.807, 2.05) is 19.2 Å². The second-order valence-electron chi connectivity index (χ2n) is 7.07. The molecule has 1 unspecified atom stereocenters. The number of carbonyl (C=O) groups is 1. The van der Waals surface area contributed by atoms with Crippen LogP contribution in [0.5, 0.6) is 5.75 Å². The Labute approximate surface area is 185 Å². The maximum absolute atomic E-state index is 11.4. The first kappa shape index (κ1) is 24.5. The lowest BCUT2D eigenvalue weighted by atomic mass is 9.97. The molecule has 158 valence electrons. The lowest BCUT2D eigenvalue weighted by molar-refractivity contribution is -0.123. The Morgan fingerprint density at radius 2 is 2.11 bits per heavy atom. The number of guanidine groups is 1. The quantitative estimate of drug-likeness (QED) is 0.245. The minimum absolute atomic E-state index is 0. The number of aliphatic imine (C=N–C) groups is 1. The van der Waals surface area contributed by atoms with Gasteiger partial charge in [0.2, 0.25) is 5.91 Å². The summed E-state index contributed by atoms with van der Waals surface area (Å²) < 4.78 is 5.20. The smallest absolute Gasteiger partial charge is 0.221 e. The Balaban J connectivity index is 0.00000392. The molecule has 0 aliphatic carbocycles. The highest BCUT2D eigenvalue weighted by molar-refractivity contribution is 14.0. The summed E-state index contributed by atoms with van der Waals surface area (Å²) in [6.07, 6.45) is 2.97. The molecule has 1 atom stereocenters. The standard InChI is InChI=1S/C20H33N5O2.HI/c1-22-20(24(2)14-16-7-9-18(27-3)10-8-16)23-11-5-13-25-12-4-6-17(15-25)19(21)26;/h7-10,17H,4-6,11-15H2,1-3H3,(H2,21,26)(H,22,23);1H. The molecule has 3 N–H and O–H groups in total. The van der Waals surface area contributed by atoms with Gasteiger partial charge in [-0.05, 0) is 50.0 Å². The number of nitrogens with two attached hydrogens (primary N) is 1. The van der Waals surface area contributed by atoms with Crippen molar-refractivity contribution in [2.75, 3.05) is 47.4 Å². The summed E-state index contributed by atoms with van der Waals surface area (Å²) in [6, 6.07) is 8.07. The van der Waals surface area contributed by atoms with Crippen LogP contribution in [-0.4, -0.2) is 69.1 Å². The van der Waals surface area contributed by atoms with Crippen molar-refractivity contribution in [1.29, 1.82) is 0 Å². The average Bonchev–Trinajstić information content (AvgIpc) is 2.68. The molecule has 28 heavy (non-hydrogen) atoms. The summed E-state index contributed by atoms with van der Waals surface area (Å²) in [7, 11) is 5.50. The Morgan fingerprint density at radius 3 is 2.71 bits per heavy atom. The number of rotatable bonds is 8. The summed E-state index contributed by atoms with van der Waals surface area (Å²) in [5, 5.41) is 3.42. The zero-order valence-corrected chi connectivity index (χ0v) is 19.5. The van der Waals surface area contributed by atoms with Gasteiger partial charge in [0.1, 0.15) is 5.75 Å². The first-order chi connectivity index (χ1) is 13.0. The third-order valence-corrected chi connectivity index (χ3v) is 4.99. The Bertz CT molecular complexity index is 624. The van der Waals surface area contributed by atoms with Gasteiger partial charge in [0, 0.05) is 33.7 Å². The third kappa shape index (κ3) is 7.83. The molecular weight excluding hydrogens is 469 g/mol. The highest BCUT2D eigenvalue weighted by Gasteiger charge is 2.23. The van der Waals surface area contributed by atoms with E-state index in [2.05, 4.69) is 32.2 Å². The second kappa shape index (κ2) is 12.8. The van der Waals surface area contributed by atoms with Gasteiger partial charge in [-0.15, -0.1) is 24.0 Å². The van der Waals surface area contributed by atoms with Gasteiger partial charge in [-0.25, -0.2) is 0 Å². The van der Waals surface area contributed by atoms with Crippen LogP contribution >= 0.6 is 24.0 Å². The molecule has 7 nitrogen and oxygen atoms in total. The molecule has 0 radical (unpaired) electrons. The number of piperidine rings is 1. The lowest BCUT2D eigenvalue weighted by Crippen LogP contribution is -2.43. The summed E-state index contributed by atoms with van der Waals surface area (Å²) in [6.45, 7) is 4.43. The van der Waals surface area contributed by atoms with Gasteiger partial charge < -0.3 is 25.6 Å². The molecule has 1 aromatic carbocycles. The number of ether oxygens (including phenoxy) is 1. The number of benzene rings is 1. The van der Waals surface area contributed by atoms with Crippen LogP contribution in [0.1, 0.15) is 24.8 Å². The zero-order chi connectivity index (χ0) is 19.6. The molecule has 1 aliphatic rings. The van der Waals surface area contributed by atoms with E-state index < -0.39 is 0 Å². The van der Waals surface area contributed by atoms with E-state index in [-0.39, 0.29) is 35.8 Å². The van der Waals surface area contributed by atoms with Crippen LogP contribution in [0.2, 0.25) is 0 Å². The second-order valence-corrected chi connectivity index (χ2v) is 7.07. The SMILES string of the molecule is CN=C(NCCCN1CCCC(C(N)=O)C1)N(C)Cc1ccc(OC)cc1.I. The van der Waals surface area contributed by atoms with Crippen molar-refractivity contribution >= 4 is 35.8 Å². The third-order valence-electron chi connectivity index (χ3n) is 4.99. The molecule has 0 aromatic heterocycles. The normalized spacial score (nSPS) is 17.5. The first-order valence-electron chi connectivity index (χ1n) is 9.60. The number of hydrogen-bond donors (Lipinski definition) is 2. The Hall–Kier alpha value is -1.55. The van der Waals surface area contributed by atoms with E-state index in [9.17, 15) is 4.79 Å². The van der Waals surface area contributed by atoms with Crippen LogP contribution in [0.4, 0.5) is 0 Å². The maximum atomic E-state index is 11.4. The summed E-state index contributed by atoms with van der Waals surface area (Å²) >= 11 is 0. The largest absolute Gasteiger partial charge is 0.497 e.